The average Bonchev–Trinajstić information content (AvgIpc) is 3.64. The van der Waals surface area contributed by atoms with Crippen LogP contribution in [-0.2, 0) is 0 Å². The van der Waals surface area contributed by atoms with Crippen molar-refractivity contribution in [1.82, 2.24) is 19.1 Å². The summed E-state index contributed by atoms with van der Waals surface area (Å²) in [7, 11) is 0. The van der Waals surface area contributed by atoms with E-state index in [1.54, 1.807) is 11.8 Å². The van der Waals surface area contributed by atoms with E-state index in [-0.39, 0.29) is 0 Å². The van der Waals surface area contributed by atoms with Crippen LogP contribution in [0.25, 0.3) is 55.2 Å². The number of para-hydroxylation sites is 5. The Hall–Kier alpha value is -5.85. The molecule has 9 aromatic rings. The standard InChI is InChI=1S/C40H25N5S/c1-2-12-26(13-3-1)43-31-16-6-4-14-27(31)29-22-23-30-28-15-5-7-17-32(28)45(39(30)38(29)43)40-41-25-24-37(42-40)44-33-18-8-10-20-35(33)46-36-21-11-9-19-34(36)44/h1-25H. The molecule has 1 aliphatic rings. The van der Waals surface area contributed by atoms with Crippen molar-refractivity contribution in [2.75, 3.05) is 4.90 Å². The van der Waals surface area contributed by atoms with Crippen molar-refractivity contribution in [3.63, 3.8) is 0 Å². The SMILES string of the molecule is c1ccc(-n2c3ccccc3c3ccc4c5ccccc5n(-c5nccc(N6c7ccccc7Sc7ccccc76)n5)c4c32)cc1. The van der Waals surface area contributed by atoms with Crippen LogP contribution in [0.2, 0.25) is 0 Å². The second-order valence-corrected chi connectivity index (χ2v) is 12.6. The summed E-state index contributed by atoms with van der Waals surface area (Å²) in [4.78, 5) is 15.0. The normalized spacial score (nSPS) is 12.7. The van der Waals surface area contributed by atoms with Crippen molar-refractivity contribution in [3.05, 3.63) is 152 Å². The van der Waals surface area contributed by atoms with Crippen molar-refractivity contribution in [1.29, 1.82) is 0 Å². The van der Waals surface area contributed by atoms with E-state index in [9.17, 15) is 0 Å². The predicted octanol–water partition coefficient (Wildman–Crippen LogP) is 10.6. The quantitative estimate of drug-likeness (QED) is 0.200. The van der Waals surface area contributed by atoms with Crippen LogP contribution in [0.3, 0.4) is 0 Å². The van der Waals surface area contributed by atoms with Gasteiger partial charge in [-0.1, -0.05) is 103 Å². The summed E-state index contributed by atoms with van der Waals surface area (Å²) >= 11 is 1.80. The zero-order valence-electron chi connectivity index (χ0n) is 24.6. The predicted molar refractivity (Wildman–Crippen MR) is 190 cm³/mol. The molecule has 216 valence electrons. The fourth-order valence-corrected chi connectivity index (χ4v) is 8.13. The van der Waals surface area contributed by atoms with E-state index in [0.29, 0.717) is 5.95 Å². The molecule has 6 aromatic carbocycles. The van der Waals surface area contributed by atoms with E-state index >= 15 is 0 Å². The molecule has 3 aromatic heterocycles. The summed E-state index contributed by atoms with van der Waals surface area (Å²) in [5.74, 6) is 1.46. The monoisotopic (exact) mass is 607 g/mol. The molecule has 0 bridgehead atoms. The molecular formula is C40H25N5S. The lowest BCUT2D eigenvalue weighted by molar-refractivity contribution is 0.971. The molecule has 0 N–H and O–H groups in total. The molecule has 0 radical (unpaired) electrons. The van der Waals surface area contributed by atoms with Gasteiger partial charge >= 0.3 is 0 Å². The molecule has 0 fully saturated rings. The van der Waals surface area contributed by atoms with Crippen molar-refractivity contribution in [2.24, 2.45) is 0 Å². The van der Waals surface area contributed by atoms with Crippen LogP contribution in [0.15, 0.2) is 162 Å². The van der Waals surface area contributed by atoms with Crippen LogP contribution in [-0.4, -0.2) is 19.1 Å². The third-order valence-corrected chi connectivity index (χ3v) is 10.1. The zero-order chi connectivity index (χ0) is 30.2. The Morgan fingerprint density at radius 1 is 0.457 bits per heavy atom. The first-order valence-electron chi connectivity index (χ1n) is 15.4. The summed E-state index contributed by atoms with van der Waals surface area (Å²) in [6.07, 6.45) is 1.89. The van der Waals surface area contributed by atoms with Gasteiger partial charge in [0.25, 0.3) is 0 Å². The van der Waals surface area contributed by atoms with Crippen molar-refractivity contribution in [2.45, 2.75) is 9.79 Å². The fourth-order valence-electron chi connectivity index (χ4n) is 7.08. The Balaban J connectivity index is 1.31. The van der Waals surface area contributed by atoms with Crippen LogP contribution in [0, 0.1) is 0 Å². The van der Waals surface area contributed by atoms with Gasteiger partial charge in [-0.25, -0.2) is 4.98 Å². The average molecular weight is 608 g/mol. The second kappa shape index (κ2) is 9.83. The molecule has 6 heteroatoms. The minimum Gasteiger partial charge on any atom is -0.307 e. The number of benzene rings is 6. The highest BCUT2D eigenvalue weighted by atomic mass is 32.2. The van der Waals surface area contributed by atoms with Crippen molar-refractivity contribution < 1.29 is 0 Å². The van der Waals surface area contributed by atoms with Gasteiger partial charge in [0.15, 0.2) is 0 Å². The maximum absolute atomic E-state index is 5.36. The first-order valence-corrected chi connectivity index (χ1v) is 16.2. The summed E-state index contributed by atoms with van der Waals surface area (Å²) in [5, 5.41) is 4.75. The highest BCUT2D eigenvalue weighted by molar-refractivity contribution is 7.99. The van der Waals surface area contributed by atoms with Crippen LogP contribution in [0.1, 0.15) is 0 Å². The molecule has 10 rings (SSSR count). The molecule has 0 atom stereocenters. The van der Waals surface area contributed by atoms with Gasteiger partial charge < -0.3 is 4.57 Å². The van der Waals surface area contributed by atoms with Gasteiger partial charge in [-0.3, -0.25) is 9.47 Å². The molecule has 0 amide bonds. The second-order valence-electron chi connectivity index (χ2n) is 11.5. The maximum atomic E-state index is 5.36. The van der Waals surface area contributed by atoms with Crippen LogP contribution in [0.4, 0.5) is 17.2 Å². The van der Waals surface area contributed by atoms with Crippen LogP contribution in [0.5, 0.6) is 0 Å². The van der Waals surface area contributed by atoms with Crippen LogP contribution < -0.4 is 4.90 Å². The topological polar surface area (TPSA) is 38.9 Å². The molecule has 1 aliphatic heterocycles. The van der Waals surface area contributed by atoms with E-state index in [4.69, 9.17) is 9.97 Å². The van der Waals surface area contributed by atoms with Crippen molar-refractivity contribution >= 4 is 72.6 Å². The fraction of sp³-hybridized carbons (Fsp3) is 0. The van der Waals surface area contributed by atoms with Gasteiger partial charge in [-0.2, -0.15) is 4.98 Å². The summed E-state index contributed by atoms with van der Waals surface area (Å²) in [6.45, 7) is 0. The smallest absolute Gasteiger partial charge is 0.236 e. The largest absolute Gasteiger partial charge is 0.307 e. The number of nitrogens with zero attached hydrogens (tertiary/aromatic N) is 5. The number of fused-ring (bicyclic) bond motifs is 9. The van der Waals surface area contributed by atoms with Gasteiger partial charge in [-0.05, 0) is 54.6 Å². The summed E-state index contributed by atoms with van der Waals surface area (Å²) in [5.41, 5.74) is 7.82. The lowest BCUT2D eigenvalue weighted by atomic mass is 10.1. The van der Waals surface area contributed by atoms with Gasteiger partial charge in [-0.15, -0.1) is 0 Å². The molecule has 0 spiro atoms. The van der Waals surface area contributed by atoms with Gasteiger partial charge in [0.05, 0.1) is 33.4 Å². The lowest BCUT2D eigenvalue weighted by Crippen LogP contribution is -2.17. The summed E-state index contributed by atoms with van der Waals surface area (Å²) < 4.78 is 4.64. The van der Waals surface area contributed by atoms with E-state index in [1.165, 1.54) is 36.9 Å². The molecule has 0 unspecified atom stereocenters. The van der Waals surface area contributed by atoms with E-state index in [1.807, 2.05) is 12.3 Å². The molecule has 0 aliphatic carbocycles. The third kappa shape index (κ3) is 3.59. The molecule has 0 saturated carbocycles. The van der Waals surface area contributed by atoms with Crippen LogP contribution >= 0.6 is 11.8 Å². The molecule has 0 saturated heterocycles. The Bertz CT molecular complexity index is 2590. The first-order chi connectivity index (χ1) is 22.8. The summed E-state index contributed by atoms with van der Waals surface area (Å²) in [6, 6.07) is 51.5. The number of aromatic nitrogens is 4. The third-order valence-electron chi connectivity index (χ3n) is 8.97. The zero-order valence-corrected chi connectivity index (χ0v) is 25.4. The number of hydrogen-bond acceptors (Lipinski definition) is 4. The highest BCUT2D eigenvalue weighted by Crippen LogP contribution is 2.51. The minimum atomic E-state index is 0.634. The Morgan fingerprint density at radius 3 is 1.67 bits per heavy atom. The van der Waals surface area contributed by atoms with Crippen molar-refractivity contribution in [3.8, 4) is 11.6 Å². The number of hydrogen-bond donors (Lipinski definition) is 0. The molecule has 5 nitrogen and oxygen atoms in total. The lowest BCUT2D eigenvalue weighted by Gasteiger charge is -2.31. The molecular weight excluding hydrogens is 583 g/mol. The van der Waals surface area contributed by atoms with Gasteiger partial charge in [0.1, 0.15) is 5.82 Å². The first kappa shape index (κ1) is 25.5. The molecule has 4 heterocycles. The molecule has 46 heavy (non-hydrogen) atoms. The Morgan fingerprint density at radius 2 is 1.00 bits per heavy atom. The highest BCUT2D eigenvalue weighted by Gasteiger charge is 2.27. The number of rotatable bonds is 3. The van der Waals surface area contributed by atoms with Gasteiger partial charge in [0, 0.05) is 43.2 Å². The minimum absolute atomic E-state index is 0.634. The van der Waals surface area contributed by atoms with E-state index in [0.717, 1.165) is 39.4 Å². The van der Waals surface area contributed by atoms with E-state index < -0.39 is 0 Å². The van der Waals surface area contributed by atoms with E-state index in [2.05, 4.69) is 154 Å². The number of anilines is 3. The Kier molecular flexibility index (Phi) is 5.44. The maximum Gasteiger partial charge on any atom is 0.236 e. The Labute approximate surface area is 269 Å². The van der Waals surface area contributed by atoms with Gasteiger partial charge in [0.2, 0.25) is 5.95 Å².